The molecule has 1 fully saturated rings. The average Bonchev–Trinajstić information content (AvgIpc) is 3.09. The molecular formula is C12H15ClF3NO. The van der Waals surface area contributed by atoms with Gasteiger partial charge in [-0.15, -0.1) is 12.4 Å². The van der Waals surface area contributed by atoms with Crippen molar-refractivity contribution < 1.29 is 18.3 Å². The van der Waals surface area contributed by atoms with Crippen molar-refractivity contribution in [3.05, 3.63) is 35.4 Å². The minimum atomic E-state index is -4.32. The van der Waals surface area contributed by atoms with E-state index in [9.17, 15) is 18.3 Å². The number of nitrogens with one attached hydrogen (secondary N) is 1. The number of aliphatic hydroxyl groups excluding tert-OH is 1. The monoisotopic (exact) mass is 281 g/mol. The van der Waals surface area contributed by atoms with Crippen LogP contribution in [0.4, 0.5) is 13.2 Å². The SMILES string of the molecule is Cl.OC(CNC1CC1)c1ccc(C(F)(F)F)cc1. The van der Waals surface area contributed by atoms with E-state index in [2.05, 4.69) is 5.32 Å². The summed E-state index contributed by atoms with van der Waals surface area (Å²) in [6.45, 7) is 0.385. The first-order valence-corrected chi connectivity index (χ1v) is 5.55. The van der Waals surface area contributed by atoms with Crippen molar-refractivity contribution in [1.29, 1.82) is 0 Å². The van der Waals surface area contributed by atoms with Crippen LogP contribution in [0.15, 0.2) is 24.3 Å². The van der Waals surface area contributed by atoms with Crippen molar-refractivity contribution in [2.45, 2.75) is 31.2 Å². The first-order chi connectivity index (χ1) is 7.97. The summed E-state index contributed by atoms with van der Waals surface area (Å²) in [5.41, 5.74) is -0.185. The van der Waals surface area contributed by atoms with Gasteiger partial charge in [0.2, 0.25) is 0 Å². The van der Waals surface area contributed by atoms with Gasteiger partial charge in [0.15, 0.2) is 0 Å². The lowest BCUT2D eigenvalue weighted by atomic mass is 10.1. The standard InChI is InChI=1S/C12H14F3NO.ClH/c13-12(14,15)9-3-1-8(2-4-9)11(17)7-16-10-5-6-10;/h1-4,10-11,16-17H,5-7H2;1H. The highest BCUT2D eigenvalue weighted by molar-refractivity contribution is 5.85. The van der Waals surface area contributed by atoms with E-state index in [0.29, 0.717) is 18.2 Å². The highest BCUT2D eigenvalue weighted by Crippen LogP contribution is 2.30. The quantitative estimate of drug-likeness (QED) is 0.889. The topological polar surface area (TPSA) is 32.3 Å². The second kappa shape index (κ2) is 5.91. The molecule has 1 aromatic rings. The van der Waals surface area contributed by atoms with Crippen LogP contribution in [0.2, 0.25) is 0 Å². The maximum absolute atomic E-state index is 12.3. The Bertz CT molecular complexity index is 376. The first-order valence-electron chi connectivity index (χ1n) is 5.55. The van der Waals surface area contributed by atoms with Gasteiger partial charge in [0.05, 0.1) is 11.7 Å². The molecule has 0 aliphatic heterocycles. The molecule has 102 valence electrons. The predicted octanol–water partition coefficient (Wildman–Crippen LogP) is 2.91. The maximum atomic E-state index is 12.3. The molecule has 1 aromatic carbocycles. The molecule has 18 heavy (non-hydrogen) atoms. The van der Waals surface area contributed by atoms with E-state index >= 15 is 0 Å². The van der Waals surface area contributed by atoms with E-state index in [-0.39, 0.29) is 12.4 Å². The molecule has 2 rings (SSSR count). The van der Waals surface area contributed by atoms with Crippen LogP contribution >= 0.6 is 12.4 Å². The van der Waals surface area contributed by atoms with E-state index in [1.54, 1.807) is 0 Å². The molecule has 1 atom stereocenters. The Kier molecular flexibility index (Phi) is 5.01. The third-order valence-corrected chi connectivity index (χ3v) is 2.80. The van der Waals surface area contributed by atoms with Gasteiger partial charge >= 0.3 is 6.18 Å². The molecule has 0 aromatic heterocycles. The largest absolute Gasteiger partial charge is 0.416 e. The molecule has 0 spiro atoms. The lowest BCUT2D eigenvalue weighted by molar-refractivity contribution is -0.137. The van der Waals surface area contributed by atoms with Crippen LogP contribution in [0, 0.1) is 0 Å². The van der Waals surface area contributed by atoms with Crippen LogP contribution in [0.5, 0.6) is 0 Å². The van der Waals surface area contributed by atoms with Gasteiger partial charge in [-0.05, 0) is 30.5 Å². The molecule has 0 radical (unpaired) electrons. The zero-order valence-electron chi connectivity index (χ0n) is 9.57. The van der Waals surface area contributed by atoms with Crippen LogP contribution in [-0.2, 0) is 6.18 Å². The van der Waals surface area contributed by atoms with Gasteiger partial charge in [-0.25, -0.2) is 0 Å². The van der Waals surface area contributed by atoms with Crippen molar-refractivity contribution in [2.75, 3.05) is 6.54 Å². The number of hydrogen-bond acceptors (Lipinski definition) is 2. The van der Waals surface area contributed by atoms with Crippen LogP contribution in [-0.4, -0.2) is 17.7 Å². The number of alkyl halides is 3. The Morgan fingerprint density at radius 2 is 1.78 bits per heavy atom. The summed E-state index contributed by atoms with van der Waals surface area (Å²) >= 11 is 0. The van der Waals surface area contributed by atoms with Gasteiger partial charge in [-0.2, -0.15) is 13.2 Å². The lowest BCUT2D eigenvalue weighted by Crippen LogP contribution is -2.23. The molecule has 2 nitrogen and oxygen atoms in total. The third-order valence-electron chi connectivity index (χ3n) is 2.80. The first kappa shape index (κ1) is 15.3. The Morgan fingerprint density at radius 1 is 1.22 bits per heavy atom. The van der Waals surface area contributed by atoms with Crippen molar-refractivity contribution in [1.82, 2.24) is 5.32 Å². The van der Waals surface area contributed by atoms with Crippen LogP contribution in [0.1, 0.15) is 30.1 Å². The molecular weight excluding hydrogens is 267 g/mol. The zero-order chi connectivity index (χ0) is 12.5. The van der Waals surface area contributed by atoms with Crippen LogP contribution in [0.3, 0.4) is 0 Å². The molecule has 1 aliphatic rings. The van der Waals surface area contributed by atoms with Crippen molar-refractivity contribution >= 4 is 12.4 Å². The summed E-state index contributed by atoms with van der Waals surface area (Å²) in [4.78, 5) is 0. The molecule has 1 aliphatic carbocycles. The van der Waals surface area contributed by atoms with Crippen LogP contribution in [0.25, 0.3) is 0 Å². The zero-order valence-corrected chi connectivity index (χ0v) is 10.4. The van der Waals surface area contributed by atoms with E-state index in [0.717, 1.165) is 25.0 Å². The van der Waals surface area contributed by atoms with E-state index < -0.39 is 17.8 Å². The Morgan fingerprint density at radius 3 is 2.22 bits per heavy atom. The van der Waals surface area contributed by atoms with E-state index in [1.165, 1.54) is 12.1 Å². The summed E-state index contributed by atoms with van der Waals surface area (Å²) in [6.07, 6.45) is -2.85. The van der Waals surface area contributed by atoms with Gasteiger partial charge in [0.25, 0.3) is 0 Å². The van der Waals surface area contributed by atoms with Crippen molar-refractivity contribution in [3.63, 3.8) is 0 Å². The minimum Gasteiger partial charge on any atom is -0.387 e. The van der Waals surface area contributed by atoms with Crippen molar-refractivity contribution in [2.24, 2.45) is 0 Å². The van der Waals surface area contributed by atoms with Crippen LogP contribution < -0.4 is 5.32 Å². The number of halogens is 4. The maximum Gasteiger partial charge on any atom is 0.416 e. The molecule has 1 unspecified atom stereocenters. The van der Waals surface area contributed by atoms with Gasteiger partial charge in [0.1, 0.15) is 0 Å². The Hall–Kier alpha value is -0.780. The number of benzene rings is 1. The molecule has 0 amide bonds. The Balaban J connectivity index is 0.00000162. The third kappa shape index (κ3) is 4.15. The van der Waals surface area contributed by atoms with Gasteiger partial charge in [0, 0.05) is 12.6 Å². The van der Waals surface area contributed by atoms with Gasteiger partial charge < -0.3 is 10.4 Å². The highest BCUT2D eigenvalue weighted by Gasteiger charge is 2.30. The van der Waals surface area contributed by atoms with Crippen molar-refractivity contribution in [3.8, 4) is 0 Å². The normalized spacial score (nSPS) is 17.1. The number of rotatable bonds is 4. The average molecular weight is 282 g/mol. The molecule has 6 heteroatoms. The number of hydrogen-bond donors (Lipinski definition) is 2. The molecule has 0 bridgehead atoms. The van der Waals surface area contributed by atoms with E-state index in [1.807, 2.05) is 0 Å². The van der Waals surface area contributed by atoms with Gasteiger partial charge in [-0.1, -0.05) is 12.1 Å². The summed E-state index contributed by atoms with van der Waals surface area (Å²) in [5.74, 6) is 0. The fourth-order valence-corrected chi connectivity index (χ4v) is 1.58. The second-order valence-corrected chi connectivity index (χ2v) is 4.32. The second-order valence-electron chi connectivity index (χ2n) is 4.32. The molecule has 0 heterocycles. The minimum absolute atomic E-state index is 0. The lowest BCUT2D eigenvalue weighted by Gasteiger charge is -2.13. The van der Waals surface area contributed by atoms with E-state index in [4.69, 9.17) is 0 Å². The highest BCUT2D eigenvalue weighted by atomic mass is 35.5. The smallest absolute Gasteiger partial charge is 0.387 e. The molecule has 2 N–H and O–H groups in total. The predicted molar refractivity (Wildman–Crippen MR) is 64.7 cm³/mol. The number of aliphatic hydroxyl groups is 1. The summed E-state index contributed by atoms with van der Waals surface area (Å²) in [5, 5.41) is 12.9. The molecule has 0 saturated heterocycles. The summed E-state index contributed by atoms with van der Waals surface area (Å²) in [7, 11) is 0. The Labute approximate surface area is 110 Å². The fraction of sp³-hybridized carbons (Fsp3) is 0.500. The van der Waals surface area contributed by atoms with Gasteiger partial charge in [-0.3, -0.25) is 0 Å². The fourth-order valence-electron chi connectivity index (χ4n) is 1.58. The summed E-state index contributed by atoms with van der Waals surface area (Å²) in [6, 6.07) is 5.11. The summed E-state index contributed by atoms with van der Waals surface area (Å²) < 4.78 is 36.9. The molecule has 1 saturated carbocycles.